The molecule has 0 aliphatic heterocycles. The average molecular weight is 334 g/mol. The third-order valence-electron chi connectivity index (χ3n) is 3.99. The Bertz CT molecular complexity index is 1020. The van der Waals surface area contributed by atoms with Crippen molar-refractivity contribution in [3.8, 4) is 17.2 Å². The van der Waals surface area contributed by atoms with Crippen LogP contribution >= 0.6 is 0 Å². The number of halogens is 1. The number of rotatable bonds is 3. The number of nitrogens with two attached hydrogens (primary N) is 1. The fourth-order valence-corrected chi connectivity index (χ4v) is 2.85. The van der Waals surface area contributed by atoms with Crippen molar-refractivity contribution in [2.45, 2.75) is 6.92 Å². The summed E-state index contributed by atoms with van der Waals surface area (Å²) in [5, 5.41) is 10.8. The lowest BCUT2D eigenvalue weighted by molar-refractivity contribution is 0.0527. The Balaban J connectivity index is 2.25. The van der Waals surface area contributed by atoms with Crippen molar-refractivity contribution in [2.24, 2.45) is 0 Å². The first-order chi connectivity index (χ1) is 12.1. The second-order valence-corrected chi connectivity index (χ2v) is 5.43. The molecule has 0 amide bonds. The van der Waals surface area contributed by atoms with Crippen LogP contribution in [0.1, 0.15) is 22.8 Å². The summed E-state index contributed by atoms with van der Waals surface area (Å²) in [4.78, 5) is 11.9. The molecular formula is C20H15FN2O2. The molecule has 4 nitrogen and oxygen atoms in total. The standard InChI is InChI=1S/C20H15FN2O2/c1-2-25-20(24)16-10-9-15(18(21)19(16)23)14-8-4-6-12-5-3-7-13(11-22)17(12)14/h3-10H,2,23H2,1H3. The number of esters is 1. The molecule has 0 aromatic heterocycles. The summed E-state index contributed by atoms with van der Waals surface area (Å²) in [5.74, 6) is -1.37. The molecule has 124 valence electrons. The van der Waals surface area contributed by atoms with Crippen LogP contribution in [-0.4, -0.2) is 12.6 Å². The van der Waals surface area contributed by atoms with Gasteiger partial charge in [-0.1, -0.05) is 36.4 Å². The van der Waals surface area contributed by atoms with Crippen LogP contribution in [0, 0.1) is 17.1 Å². The van der Waals surface area contributed by atoms with Gasteiger partial charge in [0.2, 0.25) is 0 Å². The van der Waals surface area contributed by atoms with Gasteiger partial charge >= 0.3 is 5.97 Å². The Morgan fingerprint density at radius 2 is 1.88 bits per heavy atom. The van der Waals surface area contributed by atoms with Crippen LogP contribution in [0.5, 0.6) is 0 Å². The summed E-state index contributed by atoms with van der Waals surface area (Å²) in [5.41, 5.74) is 6.78. The van der Waals surface area contributed by atoms with E-state index in [-0.39, 0.29) is 23.4 Å². The van der Waals surface area contributed by atoms with Crippen molar-refractivity contribution in [1.82, 2.24) is 0 Å². The summed E-state index contributed by atoms with van der Waals surface area (Å²) >= 11 is 0. The van der Waals surface area contributed by atoms with Crippen molar-refractivity contribution in [1.29, 1.82) is 5.26 Å². The first-order valence-electron chi connectivity index (χ1n) is 7.75. The molecule has 0 atom stereocenters. The van der Waals surface area contributed by atoms with E-state index in [2.05, 4.69) is 6.07 Å². The molecule has 0 bridgehead atoms. The van der Waals surface area contributed by atoms with Gasteiger partial charge in [0.15, 0.2) is 5.82 Å². The molecule has 5 heteroatoms. The Morgan fingerprint density at radius 1 is 1.16 bits per heavy atom. The number of hydrogen-bond acceptors (Lipinski definition) is 4. The SMILES string of the molecule is CCOC(=O)c1ccc(-c2cccc3cccc(C#N)c23)c(F)c1N. The first kappa shape index (κ1) is 16.5. The van der Waals surface area contributed by atoms with Gasteiger partial charge in [-0.15, -0.1) is 0 Å². The van der Waals surface area contributed by atoms with Gasteiger partial charge in [-0.05, 0) is 30.0 Å². The second-order valence-electron chi connectivity index (χ2n) is 5.43. The van der Waals surface area contributed by atoms with E-state index in [0.717, 1.165) is 5.39 Å². The summed E-state index contributed by atoms with van der Waals surface area (Å²) < 4.78 is 19.8. The van der Waals surface area contributed by atoms with Crippen LogP contribution in [0.3, 0.4) is 0 Å². The molecule has 2 N–H and O–H groups in total. The van der Waals surface area contributed by atoms with Crippen LogP contribution in [-0.2, 0) is 4.74 Å². The van der Waals surface area contributed by atoms with Gasteiger partial charge in [-0.25, -0.2) is 9.18 Å². The molecule has 0 aliphatic carbocycles. The van der Waals surface area contributed by atoms with E-state index in [1.165, 1.54) is 12.1 Å². The van der Waals surface area contributed by atoms with Gasteiger partial charge in [0.05, 0.1) is 29.5 Å². The number of ether oxygens (including phenoxy) is 1. The predicted octanol–water partition coefficient (Wildman–Crippen LogP) is 4.28. The van der Waals surface area contributed by atoms with Crippen molar-refractivity contribution >= 4 is 22.4 Å². The summed E-state index contributed by atoms with van der Waals surface area (Å²) in [7, 11) is 0. The van der Waals surface area contributed by atoms with Crippen LogP contribution in [0.2, 0.25) is 0 Å². The molecule has 0 spiro atoms. The van der Waals surface area contributed by atoms with E-state index in [0.29, 0.717) is 16.5 Å². The predicted molar refractivity (Wildman–Crippen MR) is 94.4 cm³/mol. The van der Waals surface area contributed by atoms with Crippen LogP contribution < -0.4 is 5.73 Å². The van der Waals surface area contributed by atoms with Crippen molar-refractivity contribution in [2.75, 3.05) is 12.3 Å². The summed E-state index contributed by atoms with van der Waals surface area (Å²) in [6, 6.07) is 15.7. The molecule has 3 rings (SSSR count). The van der Waals surface area contributed by atoms with E-state index >= 15 is 0 Å². The van der Waals surface area contributed by atoms with Gasteiger partial charge in [-0.2, -0.15) is 5.26 Å². The number of carbonyl (C=O) groups is 1. The maximum absolute atomic E-state index is 14.9. The molecular weight excluding hydrogens is 319 g/mol. The van der Waals surface area contributed by atoms with Gasteiger partial charge in [0.1, 0.15) is 0 Å². The van der Waals surface area contributed by atoms with Crippen molar-refractivity contribution in [3.05, 3.63) is 65.5 Å². The Morgan fingerprint density at radius 3 is 2.56 bits per heavy atom. The molecule has 0 fully saturated rings. The van der Waals surface area contributed by atoms with Crippen LogP contribution in [0.25, 0.3) is 21.9 Å². The number of nitrogens with zero attached hydrogens (tertiary/aromatic N) is 1. The van der Waals surface area contributed by atoms with Gasteiger partial charge in [0, 0.05) is 10.9 Å². The zero-order valence-corrected chi connectivity index (χ0v) is 13.5. The number of anilines is 1. The minimum Gasteiger partial charge on any atom is -0.462 e. The Hall–Kier alpha value is -3.39. The lowest BCUT2D eigenvalue weighted by atomic mass is 9.93. The van der Waals surface area contributed by atoms with E-state index in [1.807, 2.05) is 12.1 Å². The smallest absolute Gasteiger partial charge is 0.340 e. The maximum Gasteiger partial charge on any atom is 0.340 e. The minimum atomic E-state index is -0.703. The molecule has 0 saturated carbocycles. The monoisotopic (exact) mass is 334 g/mol. The molecule has 3 aromatic carbocycles. The quantitative estimate of drug-likeness (QED) is 0.573. The lowest BCUT2D eigenvalue weighted by Gasteiger charge is -2.13. The summed E-state index contributed by atoms with van der Waals surface area (Å²) in [6.45, 7) is 1.84. The summed E-state index contributed by atoms with van der Waals surface area (Å²) in [6.07, 6.45) is 0. The second kappa shape index (κ2) is 6.62. The van der Waals surface area contributed by atoms with E-state index in [9.17, 15) is 14.4 Å². The highest BCUT2D eigenvalue weighted by Gasteiger charge is 2.19. The normalized spacial score (nSPS) is 10.4. The lowest BCUT2D eigenvalue weighted by Crippen LogP contribution is -2.10. The number of hydrogen-bond donors (Lipinski definition) is 1. The topological polar surface area (TPSA) is 76.1 Å². The molecule has 0 radical (unpaired) electrons. The number of benzene rings is 3. The highest BCUT2D eigenvalue weighted by Crippen LogP contribution is 2.35. The minimum absolute atomic E-state index is 0.0103. The highest BCUT2D eigenvalue weighted by molar-refractivity contribution is 6.02. The van der Waals surface area contributed by atoms with E-state index in [4.69, 9.17) is 10.5 Å². The molecule has 0 unspecified atom stereocenters. The number of carbonyl (C=O) groups excluding carboxylic acids is 1. The molecule has 3 aromatic rings. The Labute approximate surface area is 144 Å². The van der Waals surface area contributed by atoms with Gasteiger partial charge < -0.3 is 10.5 Å². The van der Waals surface area contributed by atoms with E-state index in [1.54, 1.807) is 31.2 Å². The largest absolute Gasteiger partial charge is 0.462 e. The number of nitriles is 1. The van der Waals surface area contributed by atoms with Crippen molar-refractivity contribution < 1.29 is 13.9 Å². The van der Waals surface area contributed by atoms with Crippen LogP contribution in [0.15, 0.2) is 48.5 Å². The Kier molecular flexibility index (Phi) is 4.36. The fourth-order valence-electron chi connectivity index (χ4n) is 2.85. The van der Waals surface area contributed by atoms with Gasteiger partial charge in [0.25, 0.3) is 0 Å². The number of fused-ring (bicyclic) bond motifs is 1. The molecule has 0 saturated heterocycles. The van der Waals surface area contributed by atoms with Crippen molar-refractivity contribution in [3.63, 3.8) is 0 Å². The zero-order valence-electron chi connectivity index (χ0n) is 13.5. The van der Waals surface area contributed by atoms with Crippen LogP contribution in [0.4, 0.5) is 10.1 Å². The number of nitrogen functional groups attached to an aromatic ring is 1. The van der Waals surface area contributed by atoms with Gasteiger partial charge in [-0.3, -0.25) is 0 Å². The molecule has 0 aliphatic rings. The third-order valence-corrected chi connectivity index (χ3v) is 3.99. The first-order valence-corrected chi connectivity index (χ1v) is 7.75. The maximum atomic E-state index is 14.9. The van der Waals surface area contributed by atoms with E-state index < -0.39 is 11.8 Å². The third kappa shape index (κ3) is 2.79. The highest BCUT2D eigenvalue weighted by atomic mass is 19.1. The average Bonchev–Trinajstić information content (AvgIpc) is 2.63. The molecule has 0 heterocycles. The zero-order chi connectivity index (χ0) is 18.0. The fraction of sp³-hybridized carbons (Fsp3) is 0.100. The molecule has 25 heavy (non-hydrogen) atoms.